The highest BCUT2D eigenvalue weighted by atomic mass is 15.0. The van der Waals surface area contributed by atoms with Gasteiger partial charge in [0, 0.05) is 18.2 Å². The molecule has 0 bridgehead atoms. The molecule has 1 aliphatic carbocycles. The number of nitrogens with one attached hydrogen (secondary N) is 1. The minimum Gasteiger partial charge on any atom is -0.340 e. The zero-order chi connectivity index (χ0) is 9.60. The number of nitrogens with two attached hydrogens (primary N) is 1. The van der Waals surface area contributed by atoms with Crippen molar-refractivity contribution in [3.05, 3.63) is 24.3 Å². The van der Waals surface area contributed by atoms with Gasteiger partial charge in [-0.15, -0.1) is 0 Å². The van der Waals surface area contributed by atoms with Gasteiger partial charge in [0.2, 0.25) is 0 Å². The maximum absolute atomic E-state index is 5.75. The van der Waals surface area contributed by atoms with E-state index in [1.165, 1.54) is 0 Å². The smallest absolute Gasteiger partial charge is 0.114 e. The van der Waals surface area contributed by atoms with E-state index in [1.54, 1.807) is 12.4 Å². The molecule has 1 aliphatic rings. The average Bonchev–Trinajstić information content (AvgIpc) is 2.91. The summed E-state index contributed by atoms with van der Waals surface area (Å²) >= 11 is 0. The number of pyridine rings is 1. The molecule has 1 saturated carbocycles. The number of aromatic nitrogens is 3. The van der Waals surface area contributed by atoms with Gasteiger partial charge in [-0.05, 0) is 18.9 Å². The molecule has 0 radical (unpaired) electrons. The predicted molar refractivity (Wildman–Crippen MR) is 53.9 cm³/mol. The van der Waals surface area contributed by atoms with E-state index in [1.807, 2.05) is 6.07 Å². The standard InChI is InChI=1S/C10H12N4/c11-6-10(2-3-10)9-13-7-1-4-12-5-8(7)14-9/h1,4-5H,2-3,6,11H2,(H,13,14). The largest absolute Gasteiger partial charge is 0.340 e. The molecule has 2 heterocycles. The predicted octanol–water partition coefficient (Wildman–Crippen LogP) is 0.948. The molecular formula is C10H12N4. The second-order valence-electron chi connectivity index (χ2n) is 3.96. The lowest BCUT2D eigenvalue weighted by atomic mass is 10.1. The van der Waals surface area contributed by atoms with Crippen molar-refractivity contribution in [2.24, 2.45) is 5.73 Å². The normalized spacial score (nSPS) is 18.6. The molecule has 0 aromatic carbocycles. The van der Waals surface area contributed by atoms with Crippen molar-refractivity contribution in [2.75, 3.05) is 6.54 Å². The molecule has 2 aromatic heterocycles. The van der Waals surface area contributed by atoms with E-state index in [9.17, 15) is 0 Å². The van der Waals surface area contributed by atoms with E-state index in [0.717, 1.165) is 29.7 Å². The minimum absolute atomic E-state index is 0.138. The Hall–Kier alpha value is -1.42. The first-order valence-electron chi connectivity index (χ1n) is 4.84. The van der Waals surface area contributed by atoms with Gasteiger partial charge in [0.05, 0.1) is 17.2 Å². The summed E-state index contributed by atoms with van der Waals surface area (Å²) in [4.78, 5) is 11.9. The van der Waals surface area contributed by atoms with Crippen molar-refractivity contribution in [1.82, 2.24) is 15.0 Å². The Morgan fingerprint density at radius 1 is 1.50 bits per heavy atom. The number of H-pyrrole nitrogens is 1. The number of hydrogen-bond acceptors (Lipinski definition) is 3. The second kappa shape index (κ2) is 2.54. The summed E-state index contributed by atoms with van der Waals surface area (Å²) < 4.78 is 0. The monoisotopic (exact) mass is 188 g/mol. The molecule has 72 valence electrons. The van der Waals surface area contributed by atoms with E-state index >= 15 is 0 Å². The molecule has 4 heteroatoms. The van der Waals surface area contributed by atoms with Crippen LogP contribution in [0.3, 0.4) is 0 Å². The average molecular weight is 188 g/mol. The Kier molecular flexibility index (Phi) is 1.44. The zero-order valence-corrected chi connectivity index (χ0v) is 7.83. The summed E-state index contributed by atoms with van der Waals surface area (Å²) in [5.74, 6) is 1.03. The highest BCUT2D eigenvalue weighted by molar-refractivity contribution is 5.73. The first-order chi connectivity index (χ1) is 6.84. The summed E-state index contributed by atoms with van der Waals surface area (Å²) in [7, 11) is 0. The van der Waals surface area contributed by atoms with Gasteiger partial charge in [-0.3, -0.25) is 4.98 Å². The first-order valence-corrected chi connectivity index (χ1v) is 4.84. The lowest BCUT2D eigenvalue weighted by Gasteiger charge is -2.06. The van der Waals surface area contributed by atoms with Gasteiger partial charge < -0.3 is 10.7 Å². The molecule has 0 unspecified atom stereocenters. The topological polar surface area (TPSA) is 67.6 Å². The number of rotatable bonds is 2. The molecule has 2 aromatic rings. The molecule has 0 aliphatic heterocycles. The summed E-state index contributed by atoms with van der Waals surface area (Å²) in [5, 5.41) is 0. The molecule has 3 rings (SSSR count). The molecule has 0 atom stereocenters. The summed E-state index contributed by atoms with van der Waals surface area (Å²) in [5.41, 5.74) is 7.87. The van der Waals surface area contributed by atoms with Crippen LogP contribution < -0.4 is 5.73 Å². The Bertz CT molecular complexity index is 437. The van der Waals surface area contributed by atoms with Gasteiger partial charge in [0.25, 0.3) is 0 Å². The number of fused-ring (bicyclic) bond motifs is 1. The van der Waals surface area contributed by atoms with Crippen LogP contribution in [-0.2, 0) is 5.41 Å². The Labute approximate surface area is 81.6 Å². The minimum atomic E-state index is 0.138. The van der Waals surface area contributed by atoms with Gasteiger partial charge >= 0.3 is 0 Å². The lowest BCUT2D eigenvalue weighted by Crippen LogP contribution is -2.20. The van der Waals surface area contributed by atoms with Crippen LogP contribution in [-0.4, -0.2) is 21.5 Å². The van der Waals surface area contributed by atoms with Crippen LogP contribution in [0.25, 0.3) is 11.0 Å². The van der Waals surface area contributed by atoms with Gasteiger partial charge in [0.15, 0.2) is 0 Å². The van der Waals surface area contributed by atoms with Gasteiger partial charge in [-0.1, -0.05) is 0 Å². The summed E-state index contributed by atoms with van der Waals surface area (Å²) in [6.45, 7) is 0.681. The maximum atomic E-state index is 5.75. The van der Waals surface area contributed by atoms with Crippen LogP contribution >= 0.6 is 0 Å². The lowest BCUT2D eigenvalue weighted by molar-refractivity contribution is 0.662. The number of hydrogen-bond donors (Lipinski definition) is 2. The Morgan fingerprint density at radius 3 is 3.00 bits per heavy atom. The number of nitrogens with zero attached hydrogens (tertiary/aromatic N) is 2. The summed E-state index contributed by atoms with van der Waals surface area (Å²) in [6.07, 6.45) is 5.86. The van der Waals surface area contributed by atoms with Gasteiger partial charge in [-0.2, -0.15) is 0 Å². The Balaban J connectivity index is 2.15. The number of imidazole rings is 1. The Morgan fingerprint density at radius 2 is 2.36 bits per heavy atom. The molecule has 3 N–H and O–H groups in total. The van der Waals surface area contributed by atoms with Crippen molar-refractivity contribution >= 4 is 11.0 Å². The van der Waals surface area contributed by atoms with E-state index in [0.29, 0.717) is 6.54 Å². The van der Waals surface area contributed by atoms with Crippen LogP contribution in [0.4, 0.5) is 0 Å². The molecule has 1 fully saturated rings. The highest BCUT2D eigenvalue weighted by Crippen LogP contribution is 2.46. The van der Waals surface area contributed by atoms with Gasteiger partial charge in [0.1, 0.15) is 5.82 Å². The number of aromatic amines is 1. The van der Waals surface area contributed by atoms with Crippen molar-refractivity contribution in [1.29, 1.82) is 0 Å². The molecule has 0 amide bonds. The fourth-order valence-electron chi connectivity index (χ4n) is 1.80. The van der Waals surface area contributed by atoms with E-state index < -0.39 is 0 Å². The third-order valence-electron chi connectivity index (χ3n) is 3.03. The third kappa shape index (κ3) is 0.974. The van der Waals surface area contributed by atoms with Crippen LogP contribution in [0.5, 0.6) is 0 Å². The van der Waals surface area contributed by atoms with Crippen LogP contribution in [0.2, 0.25) is 0 Å². The quantitative estimate of drug-likeness (QED) is 0.737. The van der Waals surface area contributed by atoms with E-state index in [4.69, 9.17) is 5.73 Å². The van der Waals surface area contributed by atoms with E-state index in [-0.39, 0.29) is 5.41 Å². The van der Waals surface area contributed by atoms with Crippen LogP contribution in [0.15, 0.2) is 18.5 Å². The molecular weight excluding hydrogens is 176 g/mol. The summed E-state index contributed by atoms with van der Waals surface area (Å²) in [6, 6.07) is 1.92. The highest BCUT2D eigenvalue weighted by Gasteiger charge is 2.45. The fraction of sp³-hybridized carbons (Fsp3) is 0.400. The zero-order valence-electron chi connectivity index (χ0n) is 7.83. The van der Waals surface area contributed by atoms with Crippen LogP contribution in [0.1, 0.15) is 18.7 Å². The first kappa shape index (κ1) is 7.94. The molecule has 4 nitrogen and oxygen atoms in total. The van der Waals surface area contributed by atoms with Crippen molar-refractivity contribution in [3.63, 3.8) is 0 Å². The second-order valence-corrected chi connectivity index (χ2v) is 3.96. The maximum Gasteiger partial charge on any atom is 0.114 e. The SMILES string of the molecule is NCC1(c2nc3ccncc3[nH]2)CC1. The fourth-order valence-corrected chi connectivity index (χ4v) is 1.80. The molecule has 0 spiro atoms. The van der Waals surface area contributed by atoms with Crippen molar-refractivity contribution < 1.29 is 0 Å². The third-order valence-corrected chi connectivity index (χ3v) is 3.03. The molecule has 0 saturated heterocycles. The van der Waals surface area contributed by atoms with Crippen molar-refractivity contribution in [2.45, 2.75) is 18.3 Å². The van der Waals surface area contributed by atoms with E-state index in [2.05, 4.69) is 15.0 Å². The van der Waals surface area contributed by atoms with Crippen LogP contribution in [0, 0.1) is 0 Å². The van der Waals surface area contributed by atoms with Crippen molar-refractivity contribution in [3.8, 4) is 0 Å². The molecule has 14 heavy (non-hydrogen) atoms. The van der Waals surface area contributed by atoms with Gasteiger partial charge in [-0.25, -0.2) is 4.98 Å².